The summed E-state index contributed by atoms with van der Waals surface area (Å²) in [6, 6.07) is 10.2. The average molecular weight is 344 g/mol. The Labute approximate surface area is 142 Å². The molecule has 8 heteroatoms. The first-order valence-corrected chi connectivity index (χ1v) is 7.35. The predicted octanol–water partition coefficient (Wildman–Crippen LogP) is 2.87. The van der Waals surface area contributed by atoms with Gasteiger partial charge in [-0.05, 0) is 24.3 Å². The van der Waals surface area contributed by atoms with Gasteiger partial charge in [-0.1, -0.05) is 17.3 Å². The number of carbonyl (C=O) groups excluding carboxylic acids is 1. The Kier molecular flexibility index (Phi) is 4.69. The first kappa shape index (κ1) is 16.6. The lowest BCUT2D eigenvalue weighted by Gasteiger charge is -2.09. The number of benzene rings is 2. The summed E-state index contributed by atoms with van der Waals surface area (Å²) in [7, 11) is 1.51. The van der Waals surface area contributed by atoms with Crippen LogP contribution in [-0.4, -0.2) is 28.0 Å². The standard InChI is InChI=1S/C17H14F2N4O2/c1-25-16-5-3-2-4-14(16)20-17(24)10-23-9-15(21-22-23)12-7-6-11(18)8-13(12)19/h2-9H,10H2,1H3,(H,20,24). The number of aromatic nitrogens is 3. The third-order valence-corrected chi connectivity index (χ3v) is 3.43. The van der Waals surface area contributed by atoms with Crippen molar-refractivity contribution in [3.8, 4) is 17.0 Å². The molecule has 3 aromatic rings. The van der Waals surface area contributed by atoms with Gasteiger partial charge >= 0.3 is 0 Å². The molecular weight excluding hydrogens is 330 g/mol. The lowest BCUT2D eigenvalue weighted by molar-refractivity contribution is -0.116. The normalized spacial score (nSPS) is 10.5. The van der Waals surface area contributed by atoms with E-state index in [1.807, 2.05) is 0 Å². The molecule has 0 saturated carbocycles. The molecule has 2 aromatic carbocycles. The summed E-state index contributed by atoms with van der Waals surface area (Å²) in [5, 5.41) is 10.3. The summed E-state index contributed by atoms with van der Waals surface area (Å²) in [6.45, 7) is -0.117. The molecule has 0 fully saturated rings. The Morgan fingerprint density at radius 1 is 1.24 bits per heavy atom. The van der Waals surface area contributed by atoms with Gasteiger partial charge in [-0.25, -0.2) is 13.5 Å². The molecule has 25 heavy (non-hydrogen) atoms. The fourth-order valence-corrected chi connectivity index (χ4v) is 2.28. The number of rotatable bonds is 5. The number of nitrogens with zero attached hydrogens (tertiary/aromatic N) is 3. The summed E-state index contributed by atoms with van der Waals surface area (Å²) in [5.41, 5.74) is 0.847. The van der Waals surface area contributed by atoms with E-state index in [4.69, 9.17) is 4.74 Å². The molecule has 0 radical (unpaired) electrons. The van der Waals surface area contributed by atoms with E-state index in [0.717, 1.165) is 12.1 Å². The maximum Gasteiger partial charge on any atom is 0.246 e. The van der Waals surface area contributed by atoms with Crippen LogP contribution in [0.15, 0.2) is 48.7 Å². The lowest BCUT2D eigenvalue weighted by Crippen LogP contribution is -2.19. The number of amides is 1. The van der Waals surface area contributed by atoms with Crippen LogP contribution in [0.25, 0.3) is 11.3 Å². The molecule has 1 amide bonds. The Bertz CT molecular complexity index is 911. The summed E-state index contributed by atoms with van der Waals surface area (Å²) in [4.78, 5) is 12.1. The number of nitrogens with one attached hydrogen (secondary N) is 1. The van der Waals surface area contributed by atoms with E-state index in [1.165, 1.54) is 24.1 Å². The van der Waals surface area contributed by atoms with Crippen molar-refractivity contribution in [1.82, 2.24) is 15.0 Å². The summed E-state index contributed by atoms with van der Waals surface area (Å²) in [6.07, 6.45) is 1.41. The van der Waals surface area contributed by atoms with Crippen LogP contribution >= 0.6 is 0 Å². The minimum atomic E-state index is -0.745. The topological polar surface area (TPSA) is 69.0 Å². The number of para-hydroxylation sites is 2. The fourth-order valence-electron chi connectivity index (χ4n) is 2.28. The van der Waals surface area contributed by atoms with Crippen LogP contribution in [0.5, 0.6) is 5.75 Å². The molecule has 0 bridgehead atoms. The zero-order valence-electron chi connectivity index (χ0n) is 13.2. The van der Waals surface area contributed by atoms with Gasteiger partial charge in [-0.15, -0.1) is 5.10 Å². The van der Waals surface area contributed by atoms with Gasteiger partial charge in [0, 0.05) is 11.6 Å². The third kappa shape index (κ3) is 3.79. The summed E-state index contributed by atoms with van der Waals surface area (Å²) >= 11 is 0. The molecule has 0 aliphatic heterocycles. The number of halogens is 2. The number of methoxy groups -OCH3 is 1. The Hall–Kier alpha value is -3.29. The van der Waals surface area contributed by atoms with Crippen molar-refractivity contribution in [2.24, 2.45) is 0 Å². The zero-order chi connectivity index (χ0) is 17.8. The van der Waals surface area contributed by atoms with E-state index in [2.05, 4.69) is 15.6 Å². The Balaban J connectivity index is 1.72. The molecule has 3 rings (SSSR count). The maximum atomic E-state index is 13.8. The molecule has 1 N–H and O–H groups in total. The third-order valence-electron chi connectivity index (χ3n) is 3.43. The van der Waals surface area contributed by atoms with Gasteiger partial charge in [0.25, 0.3) is 0 Å². The molecule has 1 aromatic heterocycles. The summed E-state index contributed by atoms with van der Waals surface area (Å²) < 4.78 is 33.2. The molecule has 0 spiro atoms. The van der Waals surface area contributed by atoms with Crippen LogP contribution in [-0.2, 0) is 11.3 Å². The maximum absolute atomic E-state index is 13.8. The van der Waals surface area contributed by atoms with Crippen molar-refractivity contribution in [3.05, 3.63) is 60.3 Å². The highest BCUT2D eigenvalue weighted by Crippen LogP contribution is 2.23. The van der Waals surface area contributed by atoms with E-state index in [-0.39, 0.29) is 23.7 Å². The minimum absolute atomic E-state index is 0.109. The highest BCUT2D eigenvalue weighted by Gasteiger charge is 2.13. The van der Waals surface area contributed by atoms with Crippen molar-refractivity contribution in [2.75, 3.05) is 12.4 Å². The van der Waals surface area contributed by atoms with Crippen LogP contribution < -0.4 is 10.1 Å². The molecule has 128 valence electrons. The number of ether oxygens (including phenoxy) is 1. The molecule has 0 atom stereocenters. The lowest BCUT2D eigenvalue weighted by atomic mass is 10.1. The second-order valence-electron chi connectivity index (χ2n) is 5.17. The van der Waals surface area contributed by atoms with Crippen LogP contribution in [0.2, 0.25) is 0 Å². The molecule has 0 saturated heterocycles. The highest BCUT2D eigenvalue weighted by molar-refractivity contribution is 5.92. The Morgan fingerprint density at radius 3 is 2.80 bits per heavy atom. The largest absolute Gasteiger partial charge is 0.495 e. The first-order chi connectivity index (χ1) is 12.1. The van der Waals surface area contributed by atoms with Crippen molar-refractivity contribution in [1.29, 1.82) is 0 Å². The molecular formula is C17H14F2N4O2. The predicted molar refractivity (Wildman–Crippen MR) is 87.0 cm³/mol. The average Bonchev–Trinajstić information content (AvgIpc) is 3.03. The number of hydrogen-bond acceptors (Lipinski definition) is 4. The minimum Gasteiger partial charge on any atom is -0.495 e. The van der Waals surface area contributed by atoms with Gasteiger partial charge in [-0.3, -0.25) is 4.79 Å². The van der Waals surface area contributed by atoms with E-state index >= 15 is 0 Å². The van der Waals surface area contributed by atoms with E-state index in [1.54, 1.807) is 24.3 Å². The highest BCUT2D eigenvalue weighted by atomic mass is 19.1. The van der Waals surface area contributed by atoms with Gasteiger partial charge in [0.2, 0.25) is 5.91 Å². The van der Waals surface area contributed by atoms with Crippen LogP contribution in [0.3, 0.4) is 0 Å². The van der Waals surface area contributed by atoms with Crippen molar-refractivity contribution in [3.63, 3.8) is 0 Å². The fraction of sp³-hybridized carbons (Fsp3) is 0.118. The number of hydrogen-bond donors (Lipinski definition) is 1. The zero-order valence-corrected chi connectivity index (χ0v) is 13.2. The monoisotopic (exact) mass is 344 g/mol. The number of carbonyl (C=O) groups is 1. The quantitative estimate of drug-likeness (QED) is 0.773. The van der Waals surface area contributed by atoms with Gasteiger partial charge < -0.3 is 10.1 Å². The second-order valence-corrected chi connectivity index (χ2v) is 5.17. The molecule has 0 aliphatic carbocycles. The van der Waals surface area contributed by atoms with Gasteiger partial charge in [-0.2, -0.15) is 0 Å². The van der Waals surface area contributed by atoms with Gasteiger partial charge in [0.1, 0.15) is 29.6 Å². The molecule has 6 nitrogen and oxygen atoms in total. The van der Waals surface area contributed by atoms with Gasteiger partial charge in [0.05, 0.1) is 19.0 Å². The second kappa shape index (κ2) is 7.08. The molecule has 0 aliphatic rings. The van der Waals surface area contributed by atoms with Crippen molar-refractivity contribution >= 4 is 11.6 Å². The Morgan fingerprint density at radius 2 is 2.04 bits per heavy atom. The molecule has 0 unspecified atom stereocenters. The van der Waals surface area contributed by atoms with E-state index < -0.39 is 11.6 Å². The number of anilines is 1. The first-order valence-electron chi connectivity index (χ1n) is 7.35. The van der Waals surface area contributed by atoms with E-state index in [9.17, 15) is 13.6 Å². The van der Waals surface area contributed by atoms with Crippen LogP contribution in [0, 0.1) is 11.6 Å². The van der Waals surface area contributed by atoms with Crippen molar-refractivity contribution in [2.45, 2.75) is 6.54 Å². The summed E-state index contributed by atoms with van der Waals surface area (Å²) in [5.74, 6) is -1.24. The van der Waals surface area contributed by atoms with Crippen LogP contribution in [0.1, 0.15) is 0 Å². The smallest absolute Gasteiger partial charge is 0.246 e. The van der Waals surface area contributed by atoms with Crippen molar-refractivity contribution < 1.29 is 18.3 Å². The van der Waals surface area contributed by atoms with E-state index in [0.29, 0.717) is 11.4 Å². The SMILES string of the molecule is COc1ccccc1NC(=O)Cn1cc(-c2ccc(F)cc2F)nn1. The molecule has 1 heterocycles. The van der Waals surface area contributed by atoms with Crippen LogP contribution in [0.4, 0.5) is 14.5 Å². The van der Waals surface area contributed by atoms with Gasteiger partial charge in [0.15, 0.2) is 0 Å².